The van der Waals surface area contributed by atoms with E-state index in [1.165, 1.54) is 0 Å². The van der Waals surface area contributed by atoms with Crippen LogP contribution in [0.1, 0.15) is 31.9 Å². The van der Waals surface area contributed by atoms with E-state index >= 15 is 0 Å². The summed E-state index contributed by atoms with van der Waals surface area (Å²) >= 11 is 6.10. The smallest absolute Gasteiger partial charge is 0.220 e. The topological polar surface area (TPSA) is 38.3 Å². The average Bonchev–Trinajstić information content (AvgIpc) is 2.31. The van der Waals surface area contributed by atoms with E-state index in [1.807, 2.05) is 38.1 Å². The van der Waals surface area contributed by atoms with Crippen LogP contribution in [-0.2, 0) is 9.53 Å². The molecule has 1 unspecified atom stereocenters. The van der Waals surface area contributed by atoms with Crippen LogP contribution in [0, 0.1) is 5.92 Å². The molecule has 1 amide bonds. The summed E-state index contributed by atoms with van der Waals surface area (Å²) in [4.78, 5) is 11.6. The number of carbonyl (C=O) groups is 1. The summed E-state index contributed by atoms with van der Waals surface area (Å²) in [5, 5.41) is 3.52. The van der Waals surface area contributed by atoms with E-state index in [2.05, 4.69) is 5.32 Å². The van der Waals surface area contributed by atoms with E-state index in [0.717, 1.165) is 5.56 Å². The van der Waals surface area contributed by atoms with E-state index < -0.39 is 0 Å². The molecule has 0 aliphatic heterocycles. The monoisotopic (exact) mass is 269 g/mol. The lowest BCUT2D eigenvalue weighted by Crippen LogP contribution is -2.29. The number of carbonyl (C=O) groups excluding carboxylic acids is 1. The van der Waals surface area contributed by atoms with Gasteiger partial charge in [0.05, 0.1) is 0 Å². The zero-order chi connectivity index (χ0) is 13.5. The minimum atomic E-state index is -0.213. The van der Waals surface area contributed by atoms with E-state index in [9.17, 15) is 4.79 Å². The molecule has 0 aromatic heterocycles. The lowest BCUT2D eigenvalue weighted by molar-refractivity contribution is -0.122. The molecule has 0 fully saturated rings. The zero-order valence-electron chi connectivity index (χ0n) is 11.1. The summed E-state index contributed by atoms with van der Waals surface area (Å²) in [5.41, 5.74) is 0.895. The molecule has 100 valence electrons. The first-order chi connectivity index (χ1) is 8.54. The van der Waals surface area contributed by atoms with Crippen molar-refractivity contribution in [2.75, 3.05) is 13.7 Å². The third kappa shape index (κ3) is 4.67. The van der Waals surface area contributed by atoms with Gasteiger partial charge in [-0.25, -0.2) is 0 Å². The fraction of sp³-hybridized carbons (Fsp3) is 0.500. The minimum absolute atomic E-state index is 0.0408. The predicted molar refractivity (Wildman–Crippen MR) is 73.7 cm³/mol. The first-order valence-electron chi connectivity index (χ1n) is 6.08. The van der Waals surface area contributed by atoms with Crippen molar-refractivity contribution in [2.45, 2.75) is 26.4 Å². The van der Waals surface area contributed by atoms with Gasteiger partial charge < -0.3 is 10.1 Å². The number of hydrogen-bond acceptors (Lipinski definition) is 2. The van der Waals surface area contributed by atoms with Crippen LogP contribution in [0.25, 0.3) is 0 Å². The average molecular weight is 270 g/mol. The molecule has 0 radical (unpaired) electrons. The van der Waals surface area contributed by atoms with Gasteiger partial charge in [0, 0.05) is 30.7 Å². The fourth-order valence-electron chi connectivity index (χ4n) is 1.71. The third-order valence-corrected chi connectivity index (χ3v) is 2.96. The van der Waals surface area contributed by atoms with E-state index in [0.29, 0.717) is 23.9 Å². The third-order valence-electron chi connectivity index (χ3n) is 2.61. The van der Waals surface area contributed by atoms with Crippen molar-refractivity contribution in [3.8, 4) is 0 Å². The molecule has 1 N–H and O–H groups in total. The minimum Gasteiger partial charge on any atom is -0.375 e. The lowest BCUT2D eigenvalue weighted by atomic mass is 10.1. The first kappa shape index (κ1) is 15.0. The Bertz CT molecular complexity index is 393. The van der Waals surface area contributed by atoms with Gasteiger partial charge >= 0.3 is 0 Å². The standard InChI is InChI=1S/C14H20ClNO2/c1-10(2)8-14(17)16-9-13(18-3)11-6-4-5-7-12(11)15/h4-7,10,13H,8-9H2,1-3H3,(H,16,17). The van der Waals surface area contributed by atoms with Gasteiger partial charge in [0.2, 0.25) is 5.91 Å². The van der Waals surface area contributed by atoms with Gasteiger partial charge in [-0.3, -0.25) is 4.79 Å². The Morgan fingerprint density at radius 1 is 1.39 bits per heavy atom. The molecule has 0 aliphatic carbocycles. The number of rotatable bonds is 6. The Morgan fingerprint density at radius 3 is 2.61 bits per heavy atom. The van der Waals surface area contributed by atoms with Crippen LogP contribution in [0.3, 0.4) is 0 Å². The van der Waals surface area contributed by atoms with Crippen molar-refractivity contribution in [1.82, 2.24) is 5.32 Å². The maximum atomic E-state index is 11.6. The van der Waals surface area contributed by atoms with E-state index in [4.69, 9.17) is 16.3 Å². The Morgan fingerprint density at radius 2 is 2.06 bits per heavy atom. The largest absolute Gasteiger partial charge is 0.375 e. The Balaban J connectivity index is 2.58. The van der Waals surface area contributed by atoms with Crippen molar-refractivity contribution in [1.29, 1.82) is 0 Å². The zero-order valence-corrected chi connectivity index (χ0v) is 11.8. The fourth-order valence-corrected chi connectivity index (χ4v) is 1.96. The SMILES string of the molecule is COC(CNC(=O)CC(C)C)c1ccccc1Cl. The molecule has 1 rings (SSSR count). The number of hydrogen-bond donors (Lipinski definition) is 1. The highest BCUT2D eigenvalue weighted by molar-refractivity contribution is 6.31. The van der Waals surface area contributed by atoms with Gasteiger partial charge in [-0.15, -0.1) is 0 Å². The summed E-state index contributed by atoms with van der Waals surface area (Å²) in [7, 11) is 1.61. The van der Waals surface area contributed by atoms with Crippen molar-refractivity contribution >= 4 is 17.5 Å². The van der Waals surface area contributed by atoms with Gasteiger partial charge in [-0.05, 0) is 12.0 Å². The molecule has 0 spiro atoms. The highest BCUT2D eigenvalue weighted by Gasteiger charge is 2.15. The van der Waals surface area contributed by atoms with Crippen LogP contribution >= 0.6 is 11.6 Å². The maximum absolute atomic E-state index is 11.6. The molecule has 0 bridgehead atoms. The van der Waals surface area contributed by atoms with Crippen molar-refractivity contribution in [2.24, 2.45) is 5.92 Å². The second-order valence-electron chi connectivity index (χ2n) is 4.65. The van der Waals surface area contributed by atoms with Crippen molar-refractivity contribution in [3.05, 3.63) is 34.9 Å². The van der Waals surface area contributed by atoms with Crippen LogP contribution in [0.2, 0.25) is 5.02 Å². The number of amides is 1. The van der Waals surface area contributed by atoms with Gasteiger partial charge in [0.1, 0.15) is 6.10 Å². The van der Waals surface area contributed by atoms with Gasteiger partial charge in [0.25, 0.3) is 0 Å². The van der Waals surface area contributed by atoms with Crippen LogP contribution < -0.4 is 5.32 Å². The van der Waals surface area contributed by atoms with Crippen LogP contribution in [0.5, 0.6) is 0 Å². The number of methoxy groups -OCH3 is 1. The lowest BCUT2D eigenvalue weighted by Gasteiger charge is -2.18. The molecule has 4 heteroatoms. The molecular weight excluding hydrogens is 250 g/mol. The highest BCUT2D eigenvalue weighted by atomic mass is 35.5. The Hall–Kier alpha value is -1.06. The summed E-state index contributed by atoms with van der Waals surface area (Å²) < 4.78 is 5.37. The number of halogens is 1. The van der Waals surface area contributed by atoms with Crippen LogP contribution in [0.15, 0.2) is 24.3 Å². The molecule has 18 heavy (non-hydrogen) atoms. The summed E-state index contributed by atoms with van der Waals surface area (Å²) in [5.74, 6) is 0.394. The molecule has 0 saturated carbocycles. The molecule has 1 aromatic rings. The molecule has 0 aliphatic rings. The summed E-state index contributed by atoms with van der Waals surface area (Å²) in [6.45, 7) is 4.47. The molecule has 0 saturated heterocycles. The number of benzene rings is 1. The molecule has 1 aromatic carbocycles. The Kier molecular flexibility index (Phi) is 6.16. The summed E-state index contributed by atoms with van der Waals surface area (Å²) in [6.07, 6.45) is 0.314. The number of ether oxygens (including phenoxy) is 1. The van der Waals surface area contributed by atoms with Gasteiger partial charge in [0.15, 0.2) is 0 Å². The predicted octanol–water partition coefficient (Wildman–Crippen LogP) is 3.19. The molecule has 3 nitrogen and oxygen atoms in total. The second kappa shape index (κ2) is 7.39. The van der Waals surface area contributed by atoms with E-state index in [1.54, 1.807) is 7.11 Å². The van der Waals surface area contributed by atoms with Crippen molar-refractivity contribution in [3.63, 3.8) is 0 Å². The van der Waals surface area contributed by atoms with Gasteiger partial charge in [-0.1, -0.05) is 43.6 Å². The van der Waals surface area contributed by atoms with Gasteiger partial charge in [-0.2, -0.15) is 0 Å². The van der Waals surface area contributed by atoms with E-state index in [-0.39, 0.29) is 12.0 Å². The Labute approximate surface area is 113 Å². The first-order valence-corrected chi connectivity index (χ1v) is 6.46. The van der Waals surface area contributed by atoms with Crippen LogP contribution in [0.4, 0.5) is 0 Å². The molecule has 1 atom stereocenters. The molecular formula is C14H20ClNO2. The second-order valence-corrected chi connectivity index (χ2v) is 5.06. The quantitative estimate of drug-likeness (QED) is 0.861. The highest BCUT2D eigenvalue weighted by Crippen LogP contribution is 2.24. The van der Waals surface area contributed by atoms with Crippen molar-refractivity contribution < 1.29 is 9.53 Å². The summed E-state index contributed by atoms with van der Waals surface area (Å²) in [6, 6.07) is 7.50. The van der Waals surface area contributed by atoms with Crippen LogP contribution in [-0.4, -0.2) is 19.6 Å². The molecule has 0 heterocycles. The number of nitrogens with one attached hydrogen (secondary N) is 1. The maximum Gasteiger partial charge on any atom is 0.220 e. The normalized spacial score (nSPS) is 12.5.